The largest absolute Gasteiger partial charge is 0.507 e. The summed E-state index contributed by atoms with van der Waals surface area (Å²) in [4.78, 5) is 15.1. The Morgan fingerprint density at radius 1 is 1.11 bits per heavy atom. The Balaban J connectivity index is 1.42. The lowest BCUT2D eigenvalue weighted by atomic mass is 10.1. The second-order valence-electron chi connectivity index (χ2n) is 9.73. The van der Waals surface area contributed by atoms with Crippen LogP contribution < -0.4 is 4.74 Å². The third-order valence-electron chi connectivity index (χ3n) is 7.10. The number of methoxy groups -OCH3 is 1. The van der Waals surface area contributed by atoms with E-state index in [2.05, 4.69) is 66.5 Å². The number of fused-ring (bicyclic) bond motifs is 2. The summed E-state index contributed by atoms with van der Waals surface area (Å²) in [6, 6.07) is 4.73. The Labute approximate surface area is 216 Å². The van der Waals surface area contributed by atoms with E-state index in [1.165, 1.54) is 16.5 Å². The number of thiophene rings is 1. The summed E-state index contributed by atoms with van der Waals surface area (Å²) in [6.45, 7) is 8.69. The van der Waals surface area contributed by atoms with E-state index in [0.717, 1.165) is 52.9 Å². The van der Waals surface area contributed by atoms with Gasteiger partial charge in [-0.15, -0.1) is 11.3 Å². The molecule has 3 aromatic heterocycles. The van der Waals surface area contributed by atoms with Crippen molar-refractivity contribution in [2.75, 3.05) is 40.0 Å². The second kappa shape index (κ2) is 11.3. The van der Waals surface area contributed by atoms with Crippen molar-refractivity contribution in [1.82, 2.24) is 19.8 Å². The average Bonchev–Trinajstić information content (AvgIpc) is 3.42. The van der Waals surface area contributed by atoms with Gasteiger partial charge in [-0.25, -0.2) is 4.98 Å². The molecule has 2 atom stereocenters. The molecule has 0 aromatic carbocycles. The number of nitrogens with zero attached hydrogens (tertiary/aromatic N) is 4. The van der Waals surface area contributed by atoms with Crippen LogP contribution in [0.5, 0.6) is 11.5 Å². The van der Waals surface area contributed by atoms with Crippen LogP contribution in [0.3, 0.4) is 0 Å². The molecule has 0 spiro atoms. The number of hydrogen-bond donors (Lipinski definition) is 2. The van der Waals surface area contributed by atoms with Gasteiger partial charge in [0.1, 0.15) is 16.3 Å². The SMILES string of the molecule is COc1cnc2scc(CCN(C)C(C)C[SH]3C=C(CCN(C)C(C)C)c4c(O)ccnc43)c2c1. The fraction of sp³-hybridized carbons (Fsp3) is 0.481. The predicted molar refractivity (Wildman–Crippen MR) is 150 cm³/mol. The van der Waals surface area contributed by atoms with Gasteiger partial charge in [0.15, 0.2) is 0 Å². The maximum Gasteiger partial charge on any atom is 0.137 e. The Kier molecular flexibility index (Phi) is 8.37. The topological polar surface area (TPSA) is 61.7 Å². The summed E-state index contributed by atoms with van der Waals surface area (Å²) in [5, 5.41) is 17.6. The average molecular weight is 515 g/mol. The van der Waals surface area contributed by atoms with Crippen molar-refractivity contribution in [2.45, 2.75) is 50.7 Å². The van der Waals surface area contributed by atoms with Crippen molar-refractivity contribution in [2.24, 2.45) is 0 Å². The van der Waals surface area contributed by atoms with E-state index < -0.39 is 10.9 Å². The molecule has 4 heterocycles. The molecule has 0 saturated heterocycles. The Morgan fingerprint density at radius 3 is 2.63 bits per heavy atom. The first-order valence-corrected chi connectivity index (χ1v) is 14.7. The lowest BCUT2D eigenvalue weighted by Gasteiger charge is -2.28. The van der Waals surface area contributed by atoms with Gasteiger partial charge in [0.25, 0.3) is 0 Å². The number of hydrogen-bond acceptors (Lipinski definition) is 7. The normalized spacial score (nSPS) is 17.4. The first-order chi connectivity index (χ1) is 16.8. The summed E-state index contributed by atoms with van der Waals surface area (Å²) in [7, 11) is 5.51. The summed E-state index contributed by atoms with van der Waals surface area (Å²) >= 11 is 1.70. The highest BCUT2D eigenvalue weighted by atomic mass is 32.2. The number of thiol groups is 1. The van der Waals surface area contributed by atoms with Crippen LogP contribution in [-0.2, 0) is 6.42 Å². The predicted octanol–water partition coefficient (Wildman–Crippen LogP) is 5.41. The maximum atomic E-state index is 10.6. The van der Waals surface area contributed by atoms with Crippen LogP contribution in [0.15, 0.2) is 40.3 Å². The van der Waals surface area contributed by atoms with E-state index in [4.69, 9.17) is 9.72 Å². The summed E-state index contributed by atoms with van der Waals surface area (Å²) in [5.41, 5.74) is 3.57. The monoisotopic (exact) mass is 514 g/mol. The van der Waals surface area contributed by atoms with Crippen LogP contribution >= 0.6 is 22.2 Å². The van der Waals surface area contributed by atoms with Crippen molar-refractivity contribution < 1.29 is 9.84 Å². The lowest BCUT2D eigenvalue weighted by Crippen LogP contribution is -2.33. The molecule has 0 amide bonds. The zero-order valence-electron chi connectivity index (χ0n) is 21.7. The summed E-state index contributed by atoms with van der Waals surface area (Å²) < 4.78 is 5.37. The second-order valence-corrected chi connectivity index (χ2v) is 12.6. The number of pyridine rings is 2. The van der Waals surface area contributed by atoms with E-state index >= 15 is 0 Å². The van der Waals surface area contributed by atoms with Crippen LogP contribution in [-0.4, -0.2) is 77.0 Å². The fourth-order valence-corrected chi connectivity index (χ4v) is 7.93. The molecule has 0 saturated carbocycles. The minimum Gasteiger partial charge on any atom is -0.507 e. The Bertz CT molecular complexity index is 1190. The van der Waals surface area contributed by atoms with Crippen molar-refractivity contribution >= 4 is 38.0 Å². The number of rotatable bonds is 11. The fourth-order valence-electron chi connectivity index (χ4n) is 4.36. The zero-order chi connectivity index (χ0) is 25.1. The molecular formula is C27H38N4O2S2. The molecule has 190 valence electrons. The van der Waals surface area contributed by atoms with E-state index in [1.54, 1.807) is 36.9 Å². The van der Waals surface area contributed by atoms with Gasteiger partial charge in [-0.2, -0.15) is 10.9 Å². The van der Waals surface area contributed by atoms with Crippen LogP contribution in [0.1, 0.15) is 38.3 Å². The van der Waals surface area contributed by atoms with Gasteiger partial charge < -0.3 is 19.6 Å². The molecule has 6 nitrogen and oxygen atoms in total. The number of aromatic hydroxyl groups is 1. The molecule has 2 unspecified atom stereocenters. The lowest BCUT2D eigenvalue weighted by molar-refractivity contribution is 0.280. The molecule has 1 N–H and O–H groups in total. The molecule has 0 radical (unpaired) electrons. The molecule has 1 aliphatic rings. The molecule has 0 fully saturated rings. The molecule has 3 aromatic rings. The van der Waals surface area contributed by atoms with Gasteiger partial charge in [-0.05, 0) is 87.5 Å². The zero-order valence-corrected chi connectivity index (χ0v) is 23.4. The third-order valence-corrected chi connectivity index (χ3v) is 10.5. The van der Waals surface area contributed by atoms with Gasteiger partial charge in [0.2, 0.25) is 0 Å². The number of likely N-dealkylation sites (N-methyl/N-ethyl adjacent to an activating group) is 1. The van der Waals surface area contributed by atoms with Gasteiger partial charge in [0, 0.05) is 36.8 Å². The Hall–Kier alpha value is -2.13. The molecule has 35 heavy (non-hydrogen) atoms. The molecule has 0 bridgehead atoms. The van der Waals surface area contributed by atoms with Crippen LogP contribution in [0, 0.1) is 0 Å². The first kappa shape index (κ1) is 25.9. The van der Waals surface area contributed by atoms with Gasteiger partial charge in [0.05, 0.1) is 23.9 Å². The standard InChI is InChI=1S/C27H38N4O2S2/c1-18(2)30(4)11-9-21-17-35(27-25(21)24(32)7-10-28-27)16-19(3)31(5)12-8-20-15-34-26-23(20)13-22(33-6)14-29-26/h7,10,13-15,17-19,35H,8-9,11-12,16H2,1-6H3,(H,28,32). The van der Waals surface area contributed by atoms with E-state index in [0.29, 0.717) is 17.8 Å². The van der Waals surface area contributed by atoms with Gasteiger partial charge >= 0.3 is 0 Å². The van der Waals surface area contributed by atoms with E-state index in [9.17, 15) is 5.11 Å². The van der Waals surface area contributed by atoms with E-state index in [-0.39, 0.29) is 0 Å². The third kappa shape index (κ3) is 5.82. The smallest absolute Gasteiger partial charge is 0.137 e. The highest BCUT2D eigenvalue weighted by molar-refractivity contribution is 8.20. The molecule has 0 aliphatic carbocycles. The minimum atomic E-state index is -0.543. The van der Waals surface area contributed by atoms with Crippen molar-refractivity contribution in [1.29, 1.82) is 0 Å². The van der Waals surface area contributed by atoms with Crippen LogP contribution in [0.2, 0.25) is 0 Å². The quantitative estimate of drug-likeness (QED) is 0.334. The molecule has 8 heteroatoms. The van der Waals surface area contributed by atoms with Gasteiger partial charge in [-0.1, -0.05) is 0 Å². The molecule has 4 rings (SSSR count). The van der Waals surface area contributed by atoms with Gasteiger partial charge in [-0.3, -0.25) is 4.98 Å². The first-order valence-electron chi connectivity index (χ1n) is 12.2. The van der Waals surface area contributed by atoms with E-state index in [1.807, 2.05) is 0 Å². The highest BCUT2D eigenvalue weighted by Gasteiger charge is 2.27. The summed E-state index contributed by atoms with van der Waals surface area (Å²) in [6.07, 6.45) is 5.45. The maximum absolute atomic E-state index is 10.6. The molecule has 1 aliphatic heterocycles. The van der Waals surface area contributed by atoms with Crippen molar-refractivity contribution in [3.05, 3.63) is 46.4 Å². The highest BCUT2D eigenvalue weighted by Crippen LogP contribution is 2.52. The summed E-state index contributed by atoms with van der Waals surface area (Å²) in [5.74, 6) is 2.21. The number of aromatic nitrogens is 2. The Morgan fingerprint density at radius 2 is 1.89 bits per heavy atom. The van der Waals surface area contributed by atoms with Crippen molar-refractivity contribution in [3.8, 4) is 11.5 Å². The van der Waals surface area contributed by atoms with Crippen LogP contribution in [0.25, 0.3) is 15.8 Å². The number of ether oxygens (including phenoxy) is 1. The van der Waals surface area contributed by atoms with Crippen molar-refractivity contribution in [3.63, 3.8) is 0 Å². The van der Waals surface area contributed by atoms with Crippen LogP contribution in [0.4, 0.5) is 0 Å². The minimum absolute atomic E-state index is 0.368. The molecular weight excluding hydrogens is 476 g/mol.